The average Bonchev–Trinajstić information content (AvgIpc) is 2.69. The fourth-order valence-electron chi connectivity index (χ4n) is 4.16. The monoisotopic (exact) mass is 382 g/mol. The van der Waals surface area contributed by atoms with Gasteiger partial charge < -0.3 is 16.0 Å². The Hall–Kier alpha value is -2.11. The lowest BCUT2D eigenvalue weighted by atomic mass is 9.88. The molecule has 3 rings (SSSR count). The topological polar surface area (TPSA) is 65.2 Å². The molecule has 2 heterocycles. The minimum atomic E-state index is -0.453. The van der Waals surface area contributed by atoms with Crippen molar-refractivity contribution in [2.75, 3.05) is 26.2 Å². The number of amides is 1. The van der Waals surface area contributed by atoms with E-state index in [1.807, 2.05) is 12.3 Å². The zero-order valence-electron chi connectivity index (χ0n) is 17.4. The standard InChI is InChI=1S/C23H34N4O/c1-17-5-4-6-22(18(17)2)23(26-13-9-20-7-11-24-12-8-20)15-21(10-14-27-23)16-25-19(3)28/h4-6,10,14-15,20,24,26-27H,7-9,11-13,16H2,1-3H3,(H,25,28). The second-order valence-corrected chi connectivity index (χ2v) is 8.07. The number of benzene rings is 1. The van der Waals surface area contributed by atoms with E-state index in [2.05, 4.69) is 59.4 Å². The molecule has 4 N–H and O–H groups in total. The van der Waals surface area contributed by atoms with Gasteiger partial charge in [-0.25, -0.2) is 0 Å². The molecular formula is C23H34N4O. The molecule has 0 spiro atoms. The molecule has 5 heteroatoms. The van der Waals surface area contributed by atoms with Crippen molar-refractivity contribution in [1.29, 1.82) is 0 Å². The second kappa shape index (κ2) is 9.39. The van der Waals surface area contributed by atoms with Gasteiger partial charge in [0.15, 0.2) is 0 Å². The van der Waals surface area contributed by atoms with Gasteiger partial charge in [-0.1, -0.05) is 18.2 Å². The largest absolute Gasteiger partial charge is 0.366 e. The van der Waals surface area contributed by atoms with Crippen LogP contribution in [-0.4, -0.2) is 32.1 Å². The number of hydrogen-bond acceptors (Lipinski definition) is 4. The van der Waals surface area contributed by atoms with Crippen LogP contribution in [0.15, 0.2) is 42.1 Å². The third-order valence-electron chi connectivity index (χ3n) is 6.00. The van der Waals surface area contributed by atoms with Gasteiger partial charge in [0.05, 0.1) is 0 Å². The first-order valence-corrected chi connectivity index (χ1v) is 10.4. The van der Waals surface area contributed by atoms with Crippen LogP contribution < -0.4 is 21.3 Å². The highest BCUT2D eigenvalue weighted by Gasteiger charge is 2.32. The summed E-state index contributed by atoms with van der Waals surface area (Å²) >= 11 is 0. The van der Waals surface area contributed by atoms with E-state index in [1.54, 1.807) is 6.92 Å². The summed E-state index contributed by atoms with van der Waals surface area (Å²) in [6.45, 7) is 9.65. The van der Waals surface area contributed by atoms with Gasteiger partial charge in [0.2, 0.25) is 5.91 Å². The Morgan fingerprint density at radius 2 is 2.04 bits per heavy atom. The highest BCUT2D eigenvalue weighted by atomic mass is 16.1. The number of dihydropyridines is 1. The predicted octanol–water partition coefficient (Wildman–Crippen LogP) is 2.61. The second-order valence-electron chi connectivity index (χ2n) is 8.07. The van der Waals surface area contributed by atoms with Crippen molar-refractivity contribution in [3.63, 3.8) is 0 Å². The van der Waals surface area contributed by atoms with Gasteiger partial charge in [0, 0.05) is 13.5 Å². The number of rotatable bonds is 7. The molecule has 1 aromatic rings. The molecule has 1 unspecified atom stereocenters. The van der Waals surface area contributed by atoms with Gasteiger partial charge in [-0.3, -0.25) is 10.1 Å². The number of aryl methyl sites for hydroxylation is 1. The molecule has 1 atom stereocenters. The summed E-state index contributed by atoms with van der Waals surface area (Å²) in [5.41, 5.74) is 4.46. The summed E-state index contributed by atoms with van der Waals surface area (Å²) in [5.74, 6) is 0.774. The Morgan fingerprint density at radius 1 is 1.25 bits per heavy atom. The third kappa shape index (κ3) is 5.03. The van der Waals surface area contributed by atoms with Crippen LogP contribution in [0.3, 0.4) is 0 Å². The van der Waals surface area contributed by atoms with E-state index in [0.29, 0.717) is 6.54 Å². The van der Waals surface area contributed by atoms with Crippen molar-refractivity contribution in [2.45, 2.75) is 45.7 Å². The highest BCUT2D eigenvalue weighted by molar-refractivity contribution is 5.73. The molecule has 1 aromatic carbocycles. The molecule has 2 aliphatic heterocycles. The molecule has 0 saturated carbocycles. The van der Waals surface area contributed by atoms with Crippen LogP contribution in [-0.2, 0) is 10.5 Å². The van der Waals surface area contributed by atoms with Gasteiger partial charge in [-0.15, -0.1) is 0 Å². The molecule has 152 valence electrons. The third-order valence-corrected chi connectivity index (χ3v) is 6.00. The number of piperidine rings is 1. The fraction of sp³-hybridized carbons (Fsp3) is 0.522. The van der Waals surface area contributed by atoms with E-state index in [4.69, 9.17) is 0 Å². The quantitative estimate of drug-likeness (QED) is 0.585. The summed E-state index contributed by atoms with van der Waals surface area (Å²) in [7, 11) is 0. The van der Waals surface area contributed by atoms with Crippen molar-refractivity contribution in [1.82, 2.24) is 21.3 Å². The molecular weight excluding hydrogens is 348 g/mol. The van der Waals surface area contributed by atoms with Crippen LogP contribution >= 0.6 is 0 Å². The molecule has 2 aliphatic rings. The molecule has 1 saturated heterocycles. The van der Waals surface area contributed by atoms with Crippen molar-refractivity contribution in [2.24, 2.45) is 5.92 Å². The summed E-state index contributed by atoms with van der Waals surface area (Å²) in [4.78, 5) is 11.4. The van der Waals surface area contributed by atoms with Crippen molar-refractivity contribution in [3.05, 3.63) is 58.8 Å². The average molecular weight is 383 g/mol. The van der Waals surface area contributed by atoms with Crippen LogP contribution in [0.5, 0.6) is 0 Å². The van der Waals surface area contributed by atoms with Crippen LogP contribution in [0, 0.1) is 19.8 Å². The minimum Gasteiger partial charge on any atom is -0.366 e. The first-order chi connectivity index (χ1) is 13.5. The zero-order chi connectivity index (χ0) is 20.0. The Labute approximate surface area is 169 Å². The SMILES string of the molecule is CC(=O)NCC1=CC(NCCC2CCNCC2)(c2cccc(C)c2C)NC=C1. The lowest BCUT2D eigenvalue weighted by Gasteiger charge is -2.38. The van der Waals surface area contributed by atoms with Crippen LogP contribution in [0.4, 0.5) is 0 Å². The van der Waals surface area contributed by atoms with Gasteiger partial charge in [0.25, 0.3) is 0 Å². The lowest BCUT2D eigenvalue weighted by molar-refractivity contribution is -0.118. The summed E-state index contributed by atoms with van der Waals surface area (Å²) in [6.07, 6.45) is 9.95. The Kier molecular flexibility index (Phi) is 6.92. The number of carbonyl (C=O) groups excluding carboxylic acids is 1. The Morgan fingerprint density at radius 3 is 2.79 bits per heavy atom. The van der Waals surface area contributed by atoms with Crippen molar-refractivity contribution >= 4 is 5.91 Å². The summed E-state index contributed by atoms with van der Waals surface area (Å²) < 4.78 is 0. The Bertz CT molecular complexity index is 749. The minimum absolute atomic E-state index is 0.0102. The summed E-state index contributed by atoms with van der Waals surface area (Å²) in [6, 6.07) is 6.47. The smallest absolute Gasteiger partial charge is 0.217 e. The van der Waals surface area contributed by atoms with Gasteiger partial charge >= 0.3 is 0 Å². The molecule has 0 aromatic heterocycles. The molecule has 28 heavy (non-hydrogen) atoms. The molecule has 0 radical (unpaired) electrons. The molecule has 0 aliphatic carbocycles. The van der Waals surface area contributed by atoms with E-state index in [-0.39, 0.29) is 5.91 Å². The van der Waals surface area contributed by atoms with Crippen molar-refractivity contribution < 1.29 is 4.79 Å². The molecule has 1 amide bonds. The van der Waals surface area contributed by atoms with Gasteiger partial charge in [0.1, 0.15) is 5.66 Å². The number of carbonyl (C=O) groups is 1. The first kappa shape index (κ1) is 20.6. The lowest BCUT2D eigenvalue weighted by Crippen LogP contribution is -2.53. The molecule has 0 bridgehead atoms. The van der Waals surface area contributed by atoms with E-state index in [9.17, 15) is 4.79 Å². The van der Waals surface area contributed by atoms with Gasteiger partial charge in [-0.2, -0.15) is 0 Å². The van der Waals surface area contributed by atoms with E-state index in [1.165, 1.54) is 36.0 Å². The predicted molar refractivity (Wildman–Crippen MR) is 115 cm³/mol. The zero-order valence-corrected chi connectivity index (χ0v) is 17.4. The normalized spacial score (nSPS) is 22.5. The highest BCUT2D eigenvalue weighted by Crippen LogP contribution is 2.29. The maximum atomic E-state index is 11.4. The van der Waals surface area contributed by atoms with Crippen molar-refractivity contribution in [3.8, 4) is 0 Å². The summed E-state index contributed by atoms with van der Waals surface area (Å²) in [5, 5.41) is 13.8. The van der Waals surface area contributed by atoms with Crippen LogP contribution in [0.2, 0.25) is 0 Å². The van der Waals surface area contributed by atoms with E-state index in [0.717, 1.165) is 31.1 Å². The maximum absolute atomic E-state index is 11.4. The fourth-order valence-corrected chi connectivity index (χ4v) is 4.16. The Balaban J connectivity index is 1.82. The van der Waals surface area contributed by atoms with E-state index < -0.39 is 5.66 Å². The van der Waals surface area contributed by atoms with Gasteiger partial charge in [-0.05, 0) is 99.3 Å². The van der Waals surface area contributed by atoms with Crippen LogP contribution in [0.1, 0.15) is 42.9 Å². The number of nitrogens with one attached hydrogen (secondary N) is 4. The number of hydrogen-bond donors (Lipinski definition) is 4. The maximum Gasteiger partial charge on any atom is 0.217 e. The first-order valence-electron chi connectivity index (χ1n) is 10.4. The molecule has 1 fully saturated rings. The van der Waals surface area contributed by atoms with Crippen LogP contribution in [0.25, 0.3) is 0 Å². The van der Waals surface area contributed by atoms with E-state index >= 15 is 0 Å². The molecule has 5 nitrogen and oxygen atoms in total.